The number of nitrogens with one attached hydrogen (secondary N) is 2. The molecule has 1 aliphatic rings. The average Bonchev–Trinajstić information content (AvgIpc) is 2.60. The number of hydrogen-bond acceptors (Lipinski definition) is 3. The second-order valence-corrected chi connectivity index (χ2v) is 6.18. The molecule has 2 amide bonds. The van der Waals surface area contributed by atoms with Gasteiger partial charge in [-0.3, -0.25) is 9.59 Å². The molecular formula is C19H17F3N2O3. The smallest absolute Gasteiger partial charge is 0.404 e. The molecular weight excluding hydrogens is 361 g/mol. The maximum absolute atomic E-state index is 12.4. The zero-order valence-electron chi connectivity index (χ0n) is 14.2. The highest BCUT2D eigenvalue weighted by Gasteiger charge is 2.32. The number of benzene rings is 2. The van der Waals surface area contributed by atoms with Crippen LogP contribution in [0.15, 0.2) is 48.5 Å². The molecule has 0 aromatic heterocycles. The van der Waals surface area contributed by atoms with E-state index in [4.69, 9.17) is 0 Å². The quantitative estimate of drug-likeness (QED) is 0.823. The number of ether oxygens (including phenoxy) is 1. The van der Waals surface area contributed by atoms with Crippen molar-refractivity contribution in [1.82, 2.24) is 0 Å². The fraction of sp³-hybridized carbons (Fsp3) is 0.263. The largest absolute Gasteiger partial charge is 0.573 e. The highest BCUT2D eigenvalue weighted by molar-refractivity contribution is 5.97. The maximum atomic E-state index is 12.4. The third-order valence-corrected chi connectivity index (χ3v) is 4.22. The lowest BCUT2D eigenvalue weighted by Gasteiger charge is -2.24. The zero-order valence-corrected chi connectivity index (χ0v) is 14.2. The third-order valence-electron chi connectivity index (χ3n) is 4.22. The van der Waals surface area contributed by atoms with Gasteiger partial charge in [0.05, 0.1) is 5.69 Å². The van der Waals surface area contributed by atoms with Crippen LogP contribution in [0.1, 0.15) is 18.4 Å². The molecule has 2 aromatic rings. The van der Waals surface area contributed by atoms with Crippen molar-refractivity contribution in [3.63, 3.8) is 0 Å². The Morgan fingerprint density at radius 3 is 2.63 bits per heavy atom. The van der Waals surface area contributed by atoms with Crippen molar-refractivity contribution in [3.8, 4) is 5.75 Å². The monoisotopic (exact) mass is 378 g/mol. The molecule has 1 atom stereocenters. The lowest BCUT2D eigenvalue weighted by Crippen LogP contribution is -2.30. The van der Waals surface area contributed by atoms with Crippen molar-refractivity contribution in [3.05, 3.63) is 54.1 Å². The van der Waals surface area contributed by atoms with Crippen LogP contribution in [-0.4, -0.2) is 18.2 Å². The van der Waals surface area contributed by atoms with E-state index in [0.717, 1.165) is 17.3 Å². The van der Waals surface area contributed by atoms with Gasteiger partial charge in [-0.05, 0) is 36.6 Å². The van der Waals surface area contributed by atoms with E-state index in [0.29, 0.717) is 6.42 Å². The first-order valence-electron chi connectivity index (χ1n) is 8.35. The van der Waals surface area contributed by atoms with Gasteiger partial charge in [0.1, 0.15) is 0 Å². The molecule has 1 aliphatic heterocycles. The molecule has 27 heavy (non-hydrogen) atoms. The van der Waals surface area contributed by atoms with Crippen molar-refractivity contribution in [1.29, 1.82) is 0 Å². The van der Waals surface area contributed by atoms with E-state index in [1.54, 1.807) is 0 Å². The Morgan fingerprint density at radius 1 is 1.15 bits per heavy atom. The number of alkyl halides is 3. The number of para-hydroxylation sites is 3. The predicted molar refractivity (Wildman–Crippen MR) is 93.3 cm³/mol. The summed E-state index contributed by atoms with van der Waals surface area (Å²) in [5, 5.41) is 5.21. The van der Waals surface area contributed by atoms with Crippen molar-refractivity contribution in [2.24, 2.45) is 5.92 Å². The highest BCUT2D eigenvalue weighted by atomic mass is 19.4. The number of rotatable bonds is 5. The molecule has 0 fully saturated rings. The third kappa shape index (κ3) is 4.99. The van der Waals surface area contributed by atoms with Gasteiger partial charge in [-0.1, -0.05) is 30.3 Å². The zero-order chi connectivity index (χ0) is 19.4. The van der Waals surface area contributed by atoms with Crippen molar-refractivity contribution >= 4 is 23.2 Å². The van der Waals surface area contributed by atoms with Gasteiger partial charge in [0.25, 0.3) is 0 Å². The molecule has 142 valence electrons. The first kappa shape index (κ1) is 18.8. The molecule has 0 aliphatic carbocycles. The Bertz CT molecular complexity index is 852. The summed E-state index contributed by atoms with van der Waals surface area (Å²) in [7, 11) is 0. The molecule has 0 spiro atoms. The number of hydrogen-bond donors (Lipinski definition) is 2. The standard InChI is InChI=1S/C19H17F3N2O3/c20-19(21,22)27-16-8-4-3-7-15(16)23-17(25)10-9-13-11-12-5-1-2-6-14(12)24-18(13)26/h1-8,13H,9-11H2,(H,23,25)(H,24,26). The second-order valence-electron chi connectivity index (χ2n) is 6.18. The van der Waals surface area contributed by atoms with Gasteiger partial charge in [0.2, 0.25) is 11.8 Å². The minimum atomic E-state index is -4.85. The van der Waals surface area contributed by atoms with Crippen LogP contribution in [0.3, 0.4) is 0 Å². The first-order chi connectivity index (χ1) is 12.8. The molecule has 1 heterocycles. The van der Waals surface area contributed by atoms with Crippen molar-refractivity contribution in [2.75, 3.05) is 10.6 Å². The van der Waals surface area contributed by atoms with Gasteiger partial charge >= 0.3 is 6.36 Å². The molecule has 8 heteroatoms. The van der Waals surface area contributed by atoms with Gasteiger partial charge < -0.3 is 15.4 Å². The van der Waals surface area contributed by atoms with Crippen LogP contribution in [0.25, 0.3) is 0 Å². The minimum Gasteiger partial charge on any atom is -0.404 e. The highest BCUT2D eigenvalue weighted by Crippen LogP contribution is 2.31. The molecule has 2 N–H and O–H groups in total. The molecule has 1 unspecified atom stereocenters. The number of halogens is 3. The summed E-state index contributed by atoms with van der Waals surface area (Å²) in [4.78, 5) is 24.3. The van der Waals surface area contributed by atoms with Crippen LogP contribution in [0.2, 0.25) is 0 Å². The number of fused-ring (bicyclic) bond motifs is 1. The predicted octanol–water partition coefficient (Wildman–Crippen LogP) is 4.11. The van der Waals surface area contributed by atoms with E-state index in [2.05, 4.69) is 15.4 Å². The van der Waals surface area contributed by atoms with E-state index < -0.39 is 18.0 Å². The van der Waals surface area contributed by atoms with Gasteiger partial charge in [0.15, 0.2) is 5.75 Å². The molecule has 0 radical (unpaired) electrons. The average molecular weight is 378 g/mol. The van der Waals surface area contributed by atoms with Crippen LogP contribution in [0.4, 0.5) is 24.5 Å². The molecule has 5 nitrogen and oxygen atoms in total. The van der Waals surface area contributed by atoms with Crippen LogP contribution in [0.5, 0.6) is 5.75 Å². The minimum absolute atomic E-state index is 0.000601. The van der Waals surface area contributed by atoms with Crippen LogP contribution in [-0.2, 0) is 16.0 Å². The van der Waals surface area contributed by atoms with Crippen LogP contribution >= 0.6 is 0 Å². The number of amides is 2. The first-order valence-corrected chi connectivity index (χ1v) is 8.35. The van der Waals surface area contributed by atoms with Crippen LogP contribution < -0.4 is 15.4 Å². The maximum Gasteiger partial charge on any atom is 0.573 e. The summed E-state index contributed by atoms with van der Waals surface area (Å²) >= 11 is 0. The molecule has 0 bridgehead atoms. The fourth-order valence-corrected chi connectivity index (χ4v) is 2.95. The molecule has 2 aromatic carbocycles. The lowest BCUT2D eigenvalue weighted by molar-refractivity contribution is -0.274. The van der Waals surface area contributed by atoms with Gasteiger partial charge in [-0.15, -0.1) is 13.2 Å². The molecule has 0 saturated carbocycles. The SMILES string of the molecule is O=C(CCC1Cc2ccccc2NC1=O)Nc1ccccc1OC(F)(F)F. The Labute approximate surface area is 153 Å². The van der Waals surface area contributed by atoms with Crippen LogP contribution in [0, 0.1) is 5.92 Å². The number of carbonyl (C=O) groups is 2. The van der Waals surface area contributed by atoms with E-state index in [-0.39, 0.29) is 30.4 Å². The Balaban J connectivity index is 1.59. The summed E-state index contributed by atoms with van der Waals surface area (Å²) in [6, 6.07) is 12.7. The Hall–Kier alpha value is -3.03. The van der Waals surface area contributed by atoms with Gasteiger partial charge in [-0.2, -0.15) is 0 Å². The van der Waals surface area contributed by atoms with Gasteiger partial charge in [0, 0.05) is 18.0 Å². The summed E-state index contributed by atoms with van der Waals surface area (Å²) in [5.41, 5.74) is 1.69. The topological polar surface area (TPSA) is 67.4 Å². The second kappa shape index (κ2) is 7.69. The van der Waals surface area contributed by atoms with Crippen molar-refractivity contribution in [2.45, 2.75) is 25.6 Å². The van der Waals surface area contributed by atoms with E-state index in [1.807, 2.05) is 24.3 Å². The normalized spacial score (nSPS) is 16.3. The fourth-order valence-electron chi connectivity index (χ4n) is 2.95. The summed E-state index contributed by atoms with van der Waals surface area (Å²) < 4.78 is 41.2. The van der Waals surface area contributed by atoms with Gasteiger partial charge in [-0.25, -0.2) is 0 Å². The lowest BCUT2D eigenvalue weighted by atomic mass is 9.89. The Morgan fingerprint density at radius 2 is 1.85 bits per heavy atom. The van der Waals surface area contributed by atoms with E-state index in [9.17, 15) is 22.8 Å². The summed E-state index contributed by atoms with van der Waals surface area (Å²) in [6.45, 7) is 0. The summed E-state index contributed by atoms with van der Waals surface area (Å²) in [5.74, 6) is -1.50. The van der Waals surface area contributed by atoms with E-state index in [1.165, 1.54) is 18.2 Å². The number of anilines is 2. The Kier molecular flexibility index (Phi) is 5.34. The molecule has 3 rings (SSSR count). The number of carbonyl (C=O) groups excluding carboxylic acids is 2. The molecule has 0 saturated heterocycles. The van der Waals surface area contributed by atoms with Crippen molar-refractivity contribution < 1.29 is 27.5 Å². The summed E-state index contributed by atoms with van der Waals surface area (Å²) in [6.07, 6.45) is -4.05. The van der Waals surface area contributed by atoms with E-state index >= 15 is 0 Å².